The van der Waals surface area contributed by atoms with Crippen molar-refractivity contribution >= 4 is 5.97 Å². The third kappa shape index (κ3) is 3.48. The predicted molar refractivity (Wildman–Crippen MR) is 58.0 cm³/mol. The van der Waals surface area contributed by atoms with Crippen LogP contribution in [0, 0.1) is 5.92 Å². The fraction of sp³-hybridized carbons (Fsp3) is 0.636. The van der Waals surface area contributed by atoms with Crippen LogP contribution in [0.1, 0.15) is 36.8 Å². The molecule has 0 saturated heterocycles. The molecule has 7 heteroatoms. The highest BCUT2D eigenvalue weighted by atomic mass is 19.4. The van der Waals surface area contributed by atoms with Crippen LogP contribution in [0.2, 0.25) is 0 Å². The van der Waals surface area contributed by atoms with E-state index in [0.29, 0.717) is 6.54 Å². The molecule has 1 aromatic heterocycles. The van der Waals surface area contributed by atoms with Gasteiger partial charge in [0.15, 0.2) is 5.69 Å². The molecule has 0 radical (unpaired) electrons. The molecule has 102 valence electrons. The van der Waals surface area contributed by atoms with Crippen LogP contribution in [-0.4, -0.2) is 22.4 Å². The molecule has 4 nitrogen and oxygen atoms in total. The van der Waals surface area contributed by atoms with Crippen LogP contribution in [0.3, 0.4) is 0 Å². The SMILES string of the molecule is CCOC(=O)c1cn(CC(C)C)nc1C(F)(F)F. The monoisotopic (exact) mass is 264 g/mol. The second-order valence-electron chi connectivity index (χ2n) is 4.23. The molecule has 18 heavy (non-hydrogen) atoms. The van der Waals surface area contributed by atoms with Crippen LogP contribution >= 0.6 is 0 Å². The van der Waals surface area contributed by atoms with Crippen LogP contribution in [0.5, 0.6) is 0 Å². The number of alkyl halides is 3. The standard InChI is InChI=1S/C11H15F3N2O2/c1-4-18-10(17)8-6-16(5-7(2)3)15-9(8)11(12,13)14/h6-7H,4-5H2,1-3H3. The molecule has 0 amide bonds. The van der Waals surface area contributed by atoms with Crippen molar-refractivity contribution in [2.75, 3.05) is 6.61 Å². The lowest BCUT2D eigenvalue weighted by Gasteiger charge is -2.05. The third-order valence-electron chi connectivity index (χ3n) is 2.08. The second kappa shape index (κ2) is 5.41. The van der Waals surface area contributed by atoms with Gasteiger partial charge in [-0.3, -0.25) is 4.68 Å². The Kier molecular flexibility index (Phi) is 4.37. The summed E-state index contributed by atoms with van der Waals surface area (Å²) in [6, 6.07) is 0. The van der Waals surface area contributed by atoms with Crippen molar-refractivity contribution in [3.63, 3.8) is 0 Å². The van der Waals surface area contributed by atoms with Crippen molar-refractivity contribution in [1.29, 1.82) is 0 Å². The average molecular weight is 264 g/mol. The lowest BCUT2D eigenvalue weighted by molar-refractivity contribution is -0.142. The van der Waals surface area contributed by atoms with Gasteiger partial charge in [-0.2, -0.15) is 18.3 Å². The van der Waals surface area contributed by atoms with Gasteiger partial charge >= 0.3 is 12.1 Å². The van der Waals surface area contributed by atoms with Gasteiger partial charge in [0.25, 0.3) is 0 Å². The first kappa shape index (κ1) is 14.5. The molecule has 0 fully saturated rings. The van der Waals surface area contributed by atoms with Crippen molar-refractivity contribution < 1.29 is 22.7 Å². The van der Waals surface area contributed by atoms with Crippen molar-refractivity contribution in [2.45, 2.75) is 33.5 Å². The number of carbonyl (C=O) groups is 1. The minimum atomic E-state index is -4.66. The summed E-state index contributed by atoms with van der Waals surface area (Å²) in [6.07, 6.45) is -3.58. The lowest BCUT2D eigenvalue weighted by atomic mass is 10.2. The fourth-order valence-electron chi connectivity index (χ4n) is 1.46. The van der Waals surface area contributed by atoms with Gasteiger partial charge in [-0.15, -0.1) is 0 Å². The summed E-state index contributed by atoms with van der Waals surface area (Å²) >= 11 is 0. The third-order valence-corrected chi connectivity index (χ3v) is 2.08. The Morgan fingerprint density at radius 2 is 2.11 bits per heavy atom. The van der Waals surface area contributed by atoms with E-state index in [2.05, 4.69) is 9.84 Å². The topological polar surface area (TPSA) is 44.1 Å². The highest BCUT2D eigenvalue weighted by molar-refractivity contribution is 5.90. The molecule has 0 saturated carbocycles. The summed E-state index contributed by atoms with van der Waals surface area (Å²) in [5, 5.41) is 3.42. The fourth-order valence-corrected chi connectivity index (χ4v) is 1.46. The van der Waals surface area contributed by atoms with E-state index in [9.17, 15) is 18.0 Å². The molecule has 0 atom stereocenters. The Hall–Kier alpha value is -1.53. The smallest absolute Gasteiger partial charge is 0.436 e. The number of ether oxygens (including phenoxy) is 1. The molecule has 0 aliphatic heterocycles. The van der Waals surface area contributed by atoms with Crippen molar-refractivity contribution in [3.8, 4) is 0 Å². The van der Waals surface area contributed by atoms with Gasteiger partial charge in [-0.25, -0.2) is 4.79 Å². The first-order valence-electron chi connectivity index (χ1n) is 5.57. The summed E-state index contributed by atoms with van der Waals surface area (Å²) in [5.41, 5.74) is -1.73. The van der Waals surface area contributed by atoms with E-state index in [0.717, 1.165) is 10.9 Å². The van der Waals surface area contributed by atoms with Gasteiger partial charge in [0, 0.05) is 12.7 Å². The van der Waals surface area contributed by atoms with E-state index in [1.807, 2.05) is 13.8 Å². The number of halogens is 3. The first-order chi connectivity index (χ1) is 8.25. The second-order valence-corrected chi connectivity index (χ2v) is 4.23. The van der Waals surface area contributed by atoms with E-state index >= 15 is 0 Å². The van der Waals surface area contributed by atoms with Gasteiger partial charge in [-0.1, -0.05) is 13.8 Å². The van der Waals surface area contributed by atoms with Crippen LogP contribution in [0.15, 0.2) is 6.20 Å². The van der Waals surface area contributed by atoms with E-state index in [1.54, 1.807) is 0 Å². The maximum atomic E-state index is 12.7. The summed E-state index contributed by atoms with van der Waals surface area (Å²) in [6.45, 7) is 5.55. The lowest BCUT2D eigenvalue weighted by Crippen LogP contribution is -2.14. The van der Waals surface area contributed by atoms with Crippen molar-refractivity contribution in [1.82, 2.24) is 9.78 Å². The molecule has 0 unspecified atom stereocenters. The summed E-state index contributed by atoms with van der Waals surface area (Å²) in [5.74, 6) is -0.874. The zero-order valence-corrected chi connectivity index (χ0v) is 10.4. The Labute approximate surface area is 103 Å². The molecular weight excluding hydrogens is 249 g/mol. The Morgan fingerprint density at radius 3 is 2.56 bits per heavy atom. The number of rotatable bonds is 4. The highest BCUT2D eigenvalue weighted by Crippen LogP contribution is 2.31. The van der Waals surface area contributed by atoms with Crippen LogP contribution < -0.4 is 0 Å². The molecule has 0 spiro atoms. The summed E-state index contributed by atoms with van der Waals surface area (Å²) < 4.78 is 43.9. The van der Waals surface area contributed by atoms with Crippen LogP contribution in [0.25, 0.3) is 0 Å². The minimum absolute atomic E-state index is 0.0193. The number of nitrogens with zero attached hydrogens (tertiary/aromatic N) is 2. The number of hydrogen-bond donors (Lipinski definition) is 0. The number of carbonyl (C=O) groups excluding carboxylic acids is 1. The maximum absolute atomic E-state index is 12.7. The Bertz CT molecular complexity index is 424. The minimum Gasteiger partial charge on any atom is -0.462 e. The normalized spacial score (nSPS) is 11.9. The molecule has 0 bridgehead atoms. The number of esters is 1. The molecule has 1 heterocycles. The number of hydrogen-bond acceptors (Lipinski definition) is 3. The van der Waals surface area contributed by atoms with Crippen LogP contribution in [-0.2, 0) is 17.5 Å². The highest BCUT2D eigenvalue weighted by Gasteiger charge is 2.39. The zero-order valence-electron chi connectivity index (χ0n) is 10.4. The molecule has 0 aliphatic carbocycles. The van der Waals surface area contributed by atoms with E-state index in [4.69, 9.17) is 0 Å². The van der Waals surface area contributed by atoms with Gasteiger partial charge in [0.05, 0.1) is 6.61 Å². The van der Waals surface area contributed by atoms with Crippen molar-refractivity contribution in [3.05, 3.63) is 17.5 Å². The number of aromatic nitrogens is 2. The van der Waals surface area contributed by atoms with Crippen LogP contribution in [0.4, 0.5) is 13.2 Å². The predicted octanol–water partition coefficient (Wildman–Crippen LogP) is 2.73. The summed E-state index contributed by atoms with van der Waals surface area (Å²) in [4.78, 5) is 11.4. The molecule has 1 rings (SSSR count). The molecule has 0 N–H and O–H groups in total. The largest absolute Gasteiger partial charge is 0.462 e. The zero-order chi connectivity index (χ0) is 13.9. The molecule has 0 aliphatic rings. The summed E-state index contributed by atoms with van der Waals surface area (Å²) in [7, 11) is 0. The van der Waals surface area contributed by atoms with Gasteiger partial charge in [-0.05, 0) is 12.8 Å². The molecule has 0 aromatic carbocycles. The van der Waals surface area contributed by atoms with Gasteiger partial charge < -0.3 is 4.74 Å². The van der Waals surface area contributed by atoms with E-state index in [-0.39, 0.29) is 12.5 Å². The van der Waals surface area contributed by atoms with Gasteiger partial charge in [0.2, 0.25) is 0 Å². The Morgan fingerprint density at radius 1 is 1.50 bits per heavy atom. The van der Waals surface area contributed by atoms with E-state index < -0.39 is 23.4 Å². The molecule has 1 aromatic rings. The van der Waals surface area contributed by atoms with Crippen molar-refractivity contribution in [2.24, 2.45) is 5.92 Å². The molecular formula is C11H15F3N2O2. The quantitative estimate of drug-likeness (QED) is 0.785. The first-order valence-corrected chi connectivity index (χ1v) is 5.57. The maximum Gasteiger partial charge on any atom is 0.436 e. The average Bonchev–Trinajstić information content (AvgIpc) is 2.60. The van der Waals surface area contributed by atoms with Gasteiger partial charge in [0.1, 0.15) is 5.56 Å². The Balaban J connectivity index is 3.13. The van der Waals surface area contributed by atoms with E-state index in [1.165, 1.54) is 6.92 Å².